The van der Waals surface area contributed by atoms with Gasteiger partial charge in [-0.25, -0.2) is 4.98 Å². The third-order valence-corrected chi connectivity index (χ3v) is 4.59. The molecule has 0 saturated heterocycles. The molecule has 5 heteroatoms. The van der Waals surface area contributed by atoms with Gasteiger partial charge in [-0.1, -0.05) is 32.0 Å². The largest absolute Gasteiger partial charge is 0.488 e. The van der Waals surface area contributed by atoms with E-state index < -0.39 is 0 Å². The summed E-state index contributed by atoms with van der Waals surface area (Å²) in [7, 11) is 0. The zero-order chi connectivity index (χ0) is 16.2. The lowest BCUT2D eigenvalue weighted by molar-refractivity contribution is 0.0930. The van der Waals surface area contributed by atoms with Crippen LogP contribution in [0.3, 0.4) is 0 Å². The maximum absolute atomic E-state index is 12.5. The smallest absolute Gasteiger partial charge is 0.254 e. The first-order valence-corrected chi connectivity index (χ1v) is 8.66. The Morgan fingerprint density at radius 1 is 1.35 bits per heavy atom. The Labute approximate surface area is 140 Å². The Morgan fingerprint density at radius 3 is 2.96 bits per heavy atom. The summed E-state index contributed by atoms with van der Waals surface area (Å²) in [5.41, 5.74) is 1.82. The summed E-state index contributed by atoms with van der Waals surface area (Å²) < 4.78 is 5.85. The number of fused-ring (bicyclic) bond motifs is 1. The number of rotatable bonds is 5. The highest BCUT2D eigenvalue weighted by Crippen LogP contribution is 2.28. The molecule has 0 aliphatic carbocycles. The third-order valence-electron chi connectivity index (χ3n) is 3.57. The van der Waals surface area contributed by atoms with Gasteiger partial charge in [-0.3, -0.25) is 4.79 Å². The minimum atomic E-state index is -0.0965. The number of carbonyl (C=O) groups is 1. The fourth-order valence-electron chi connectivity index (χ4n) is 2.55. The maximum Gasteiger partial charge on any atom is 0.254 e. The molecule has 4 nitrogen and oxygen atoms in total. The molecule has 23 heavy (non-hydrogen) atoms. The van der Waals surface area contributed by atoms with Crippen LogP contribution in [0.1, 0.15) is 29.8 Å². The molecule has 1 aliphatic rings. The average Bonchev–Trinajstić information content (AvgIpc) is 2.95. The summed E-state index contributed by atoms with van der Waals surface area (Å²) in [5.74, 6) is 0.824. The highest BCUT2D eigenvalue weighted by molar-refractivity contribution is 7.99. The third kappa shape index (κ3) is 3.85. The van der Waals surface area contributed by atoms with E-state index >= 15 is 0 Å². The molecule has 0 fully saturated rings. The molecular formula is C18H20N2O2S. The Hall–Kier alpha value is -2.01. The van der Waals surface area contributed by atoms with E-state index in [1.54, 1.807) is 24.0 Å². The van der Waals surface area contributed by atoms with Gasteiger partial charge in [-0.15, -0.1) is 11.8 Å². The number of ether oxygens (including phenoxy) is 1. The number of thioether (sulfide) groups is 1. The van der Waals surface area contributed by atoms with E-state index in [1.807, 2.05) is 24.3 Å². The molecule has 1 unspecified atom stereocenters. The molecule has 2 aromatic rings. The van der Waals surface area contributed by atoms with Crippen molar-refractivity contribution in [1.29, 1.82) is 0 Å². The molecule has 0 radical (unpaired) electrons. The molecule has 1 N–H and O–H groups in total. The topological polar surface area (TPSA) is 51.2 Å². The summed E-state index contributed by atoms with van der Waals surface area (Å²) in [5, 5.41) is 4.12. The first-order valence-electron chi connectivity index (χ1n) is 7.78. The molecule has 1 aromatic heterocycles. The van der Waals surface area contributed by atoms with Crippen LogP contribution in [0, 0.1) is 0 Å². The van der Waals surface area contributed by atoms with Gasteiger partial charge in [0.1, 0.15) is 16.9 Å². The molecule has 1 amide bonds. The van der Waals surface area contributed by atoms with Crippen LogP contribution in [0.25, 0.3) is 0 Å². The second-order valence-electron chi connectivity index (χ2n) is 5.78. The van der Waals surface area contributed by atoms with Gasteiger partial charge in [0.2, 0.25) is 0 Å². The highest BCUT2D eigenvalue weighted by Gasteiger charge is 2.23. The molecule has 0 saturated carbocycles. The molecule has 1 atom stereocenters. The number of hydrogen-bond donors (Lipinski definition) is 1. The van der Waals surface area contributed by atoms with E-state index in [-0.39, 0.29) is 12.0 Å². The van der Waals surface area contributed by atoms with Crippen molar-refractivity contribution < 1.29 is 9.53 Å². The average molecular weight is 328 g/mol. The van der Waals surface area contributed by atoms with Gasteiger partial charge in [0, 0.05) is 17.9 Å². The van der Waals surface area contributed by atoms with Crippen LogP contribution in [0.4, 0.5) is 0 Å². The van der Waals surface area contributed by atoms with Crippen molar-refractivity contribution in [3.8, 4) is 5.75 Å². The van der Waals surface area contributed by atoms with Gasteiger partial charge >= 0.3 is 0 Å². The summed E-state index contributed by atoms with van der Waals surface area (Å²) >= 11 is 1.60. The standard InChI is InChI=1S/C18H20N2O2S/c1-12(2)23-18-15(7-5-9-19-18)17(21)20-11-14-10-13-6-3-4-8-16(13)22-14/h3-9,12,14H,10-11H2,1-2H3,(H,20,21). The maximum atomic E-state index is 12.5. The van der Waals surface area contributed by atoms with E-state index in [4.69, 9.17) is 4.74 Å². The van der Waals surface area contributed by atoms with Crippen LogP contribution in [0.2, 0.25) is 0 Å². The van der Waals surface area contributed by atoms with Gasteiger partial charge in [0.25, 0.3) is 5.91 Å². The van der Waals surface area contributed by atoms with Gasteiger partial charge in [-0.2, -0.15) is 0 Å². The molecule has 1 aromatic carbocycles. The lowest BCUT2D eigenvalue weighted by Gasteiger charge is -2.13. The highest BCUT2D eigenvalue weighted by atomic mass is 32.2. The fraction of sp³-hybridized carbons (Fsp3) is 0.333. The van der Waals surface area contributed by atoms with Crippen molar-refractivity contribution in [2.24, 2.45) is 0 Å². The van der Waals surface area contributed by atoms with Crippen LogP contribution in [0.5, 0.6) is 5.75 Å². The molecular weight excluding hydrogens is 308 g/mol. The number of nitrogens with one attached hydrogen (secondary N) is 1. The number of benzene rings is 1. The Bertz CT molecular complexity index is 678. The summed E-state index contributed by atoms with van der Waals surface area (Å²) in [6.07, 6.45) is 2.55. The van der Waals surface area contributed by atoms with Crippen LogP contribution in [-0.4, -0.2) is 28.8 Å². The summed E-state index contributed by atoms with van der Waals surface area (Å²) in [6.45, 7) is 4.67. The predicted molar refractivity (Wildman–Crippen MR) is 92.1 cm³/mol. The van der Waals surface area contributed by atoms with E-state index in [9.17, 15) is 4.79 Å². The number of aromatic nitrogens is 1. The van der Waals surface area contributed by atoms with Crippen molar-refractivity contribution in [1.82, 2.24) is 10.3 Å². The second kappa shape index (κ2) is 7.04. The van der Waals surface area contributed by atoms with Crippen LogP contribution in [-0.2, 0) is 6.42 Å². The van der Waals surface area contributed by atoms with Gasteiger partial charge < -0.3 is 10.1 Å². The summed E-state index contributed by atoms with van der Waals surface area (Å²) in [6, 6.07) is 11.6. The van der Waals surface area contributed by atoms with E-state index in [2.05, 4.69) is 30.2 Å². The van der Waals surface area contributed by atoms with Crippen molar-refractivity contribution in [2.45, 2.75) is 36.6 Å². The Kier molecular flexibility index (Phi) is 4.86. The number of nitrogens with zero attached hydrogens (tertiary/aromatic N) is 1. The lowest BCUT2D eigenvalue weighted by atomic mass is 10.1. The zero-order valence-corrected chi connectivity index (χ0v) is 14.1. The monoisotopic (exact) mass is 328 g/mol. The SMILES string of the molecule is CC(C)Sc1ncccc1C(=O)NCC1Cc2ccccc2O1. The molecule has 3 rings (SSSR count). The van der Waals surface area contributed by atoms with E-state index in [0.717, 1.165) is 17.2 Å². The number of hydrogen-bond acceptors (Lipinski definition) is 4. The van der Waals surface area contributed by atoms with Crippen molar-refractivity contribution in [3.05, 3.63) is 53.7 Å². The molecule has 0 spiro atoms. The second-order valence-corrected chi connectivity index (χ2v) is 7.35. The lowest BCUT2D eigenvalue weighted by Crippen LogP contribution is -2.34. The quantitative estimate of drug-likeness (QED) is 0.856. The van der Waals surface area contributed by atoms with E-state index in [0.29, 0.717) is 17.4 Å². The normalized spacial score (nSPS) is 16.0. The van der Waals surface area contributed by atoms with Crippen LogP contribution >= 0.6 is 11.8 Å². The fourth-order valence-corrected chi connectivity index (χ4v) is 3.41. The number of amides is 1. The number of carbonyl (C=O) groups excluding carboxylic acids is 1. The predicted octanol–water partition coefficient (Wildman–Crippen LogP) is 3.32. The Morgan fingerprint density at radius 2 is 2.17 bits per heavy atom. The zero-order valence-electron chi connectivity index (χ0n) is 13.3. The molecule has 120 valence electrons. The van der Waals surface area contributed by atoms with E-state index in [1.165, 1.54) is 5.56 Å². The first-order chi connectivity index (χ1) is 11.1. The minimum absolute atomic E-state index is 0.00535. The minimum Gasteiger partial charge on any atom is -0.488 e. The van der Waals surface area contributed by atoms with Crippen molar-refractivity contribution in [3.63, 3.8) is 0 Å². The molecule has 0 bridgehead atoms. The van der Waals surface area contributed by atoms with Gasteiger partial charge in [-0.05, 0) is 23.8 Å². The van der Waals surface area contributed by atoms with Gasteiger partial charge in [0.05, 0.1) is 12.1 Å². The molecule has 1 aliphatic heterocycles. The first kappa shape index (κ1) is 15.9. The van der Waals surface area contributed by atoms with Gasteiger partial charge in [0.15, 0.2) is 0 Å². The Balaban J connectivity index is 1.61. The number of pyridine rings is 1. The molecule has 2 heterocycles. The van der Waals surface area contributed by atoms with Crippen molar-refractivity contribution in [2.75, 3.05) is 6.54 Å². The van der Waals surface area contributed by atoms with Crippen LogP contribution < -0.4 is 10.1 Å². The van der Waals surface area contributed by atoms with Crippen molar-refractivity contribution >= 4 is 17.7 Å². The number of para-hydroxylation sites is 1. The van der Waals surface area contributed by atoms with Crippen LogP contribution in [0.15, 0.2) is 47.6 Å². The summed E-state index contributed by atoms with van der Waals surface area (Å²) in [4.78, 5) is 16.8.